The van der Waals surface area contributed by atoms with Crippen LogP contribution in [0.2, 0.25) is 0 Å². The Balaban J connectivity index is 1.34. The molecule has 0 unspecified atom stereocenters. The molecule has 1 N–H and O–H groups in total. The van der Waals surface area contributed by atoms with Crippen LogP contribution in [0.15, 0.2) is 24.3 Å². The summed E-state index contributed by atoms with van der Waals surface area (Å²) in [6.45, 7) is 2.65. The van der Waals surface area contributed by atoms with Gasteiger partial charge >= 0.3 is 0 Å². The van der Waals surface area contributed by atoms with E-state index < -0.39 is 0 Å². The number of nitrogens with one attached hydrogen (secondary N) is 1. The van der Waals surface area contributed by atoms with Gasteiger partial charge < -0.3 is 19.4 Å². The standard InChI is InChI=1S/C18H22N4O3/c23-18(19-11-17-21-20-16-7-2-8-22(16)17)13-4-1-5-14(10-13)25-12-15-6-3-9-24-15/h1,4-5,10,15H,2-3,6-9,11-12H2,(H,19,23)/t15-/m1/s1. The Kier molecular flexibility index (Phi) is 4.65. The number of benzene rings is 1. The van der Waals surface area contributed by atoms with Gasteiger partial charge in [0.05, 0.1) is 12.6 Å². The molecule has 0 radical (unpaired) electrons. The highest BCUT2D eigenvalue weighted by Gasteiger charge is 2.18. The number of amides is 1. The van der Waals surface area contributed by atoms with Gasteiger partial charge in [-0.1, -0.05) is 6.07 Å². The summed E-state index contributed by atoms with van der Waals surface area (Å²) in [7, 11) is 0. The molecule has 0 bridgehead atoms. The summed E-state index contributed by atoms with van der Waals surface area (Å²) in [5, 5.41) is 11.2. The van der Waals surface area contributed by atoms with E-state index >= 15 is 0 Å². The molecular formula is C18H22N4O3. The molecule has 0 aliphatic carbocycles. The van der Waals surface area contributed by atoms with Crippen LogP contribution in [0, 0.1) is 0 Å². The highest BCUT2D eigenvalue weighted by Crippen LogP contribution is 2.18. The van der Waals surface area contributed by atoms with Gasteiger partial charge in [-0.05, 0) is 37.5 Å². The number of ether oxygens (including phenoxy) is 2. The second kappa shape index (κ2) is 7.23. The smallest absolute Gasteiger partial charge is 0.251 e. The average Bonchev–Trinajstić information content (AvgIpc) is 3.36. The Hall–Kier alpha value is -2.41. The fourth-order valence-corrected chi connectivity index (χ4v) is 3.29. The molecule has 7 heteroatoms. The van der Waals surface area contributed by atoms with E-state index in [-0.39, 0.29) is 12.0 Å². The van der Waals surface area contributed by atoms with Gasteiger partial charge in [0.1, 0.15) is 18.2 Å². The van der Waals surface area contributed by atoms with Crippen LogP contribution < -0.4 is 10.1 Å². The molecule has 2 aliphatic rings. The maximum atomic E-state index is 12.4. The third-order valence-corrected chi connectivity index (χ3v) is 4.65. The summed E-state index contributed by atoms with van der Waals surface area (Å²) in [6.07, 6.45) is 4.33. The molecular weight excluding hydrogens is 320 g/mol. The van der Waals surface area contributed by atoms with E-state index in [0.717, 1.165) is 50.5 Å². The summed E-state index contributed by atoms with van der Waals surface area (Å²) in [4.78, 5) is 12.4. The molecule has 2 aliphatic heterocycles. The minimum atomic E-state index is -0.141. The van der Waals surface area contributed by atoms with Gasteiger partial charge in [-0.15, -0.1) is 10.2 Å². The Labute approximate surface area is 146 Å². The second-order valence-corrected chi connectivity index (χ2v) is 6.44. The van der Waals surface area contributed by atoms with E-state index in [1.807, 2.05) is 12.1 Å². The molecule has 1 saturated heterocycles. The van der Waals surface area contributed by atoms with Gasteiger partial charge in [-0.25, -0.2) is 0 Å². The summed E-state index contributed by atoms with van der Waals surface area (Å²) in [6, 6.07) is 7.23. The van der Waals surface area contributed by atoms with Crippen molar-refractivity contribution in [3.8, 4) is 5.75 Å². The molecule has 4 rings (SSSR count). The van der Waals surface area contributed by atoms with Crippen molar-refractivity contribution in [1.82, 2.24) is 20.1 Å². The van der Waals surface area contributed by atoms with Crippen LogP contribution in [0.1, 0.15) is 41.3 Å². The van der Waals surface area contributed by atoms with Crippen LogP contribution >= 0.6 is 0 Å². The van der Waals surface area contributed by atoms with Gasteiger partial charge in [0.2, 0.25) is 0 Å². The van der Waals surface area contributed by atoms with E-state index in [1.54, 1.807) is 12.1 Å². The largest absolute Gasteiger partial charge is 0.491 e. The van der Waals surface area contributed by atoms with Crippen LogP contribution in [0.25, 0.3) is 0 Å². The molecule has 0 spiro atoms. The number of fused-ring (bicyclic) bond motifs is 1. The number of carbonyl (C=O) groups is 1. The number of aryl methyl sites for hydroxylation is 1. The lowest BCUT2D eigenvalue weighted by molar-refractivity contribution is 0.0679. The van der Waals surface area contributed by atoms with Gasteiger partial charge in [-0.3, -0.25) is 4.79 Å². The lowest BCUT2D eigenvalue weighted by Gasteiger charge is -2.12. The topological polar surface area (TPSA) is 78.3 Å². The molecule has 1 atom stereocenters. The fraction of sp³-hybridized carbons (Fsp3) is 0.500. The monoisotopic (exact) mass is 342 g/mol. The van der Waals surface area contributed by atoms with Crippen LogP contribution in [0.4, 0.5) is 0 Å². The predicted molar refractivity (Wildman–Crippen MR) is 90.4 cm³/mol. The normalized spacial score (nSPS) is 19.0. The Morgan fingerprint density at radius 3 is 3.20 bits per heavy atom. The second-order valence-electron chi connectivity index (χ2n) is 6.44. The summed E-state index contributed by atoms with van der Waals surface area (Å²) in [5.74, 6) is 2.37. The average molecular weight is 342 g/mol. The highest BCUT2D eigenvalue weighted by molar-refractivity contribution is 5.94. The van der Waals surface area contributed by atoms with Gasteiger partial charge in [0.15, 0.2) is 5.82 Å². The van der Waals surface area contributed by atoms with Crippen molar-refractivity contribution >= 4 is 5.91 Å². The molecule has 2 aromatic rings. The van der Waals surface area contributed by atoms with Crippen molar-refractivity contribution in [2.24, 2.45) is 0 Å². The number of rotatable bonds is 6. The number of nitrogens with zero attached hydrogens (tertiary/aromatic N) is 3. The first-order valence-electron chi connectivity index (χ1n) is 8.83. The Morgan fingerprint density at radius 2 is 2.32 bits per heavy atom. The van der Waals surface area contributed by atoms with Crippen molar-refractivity contribution in [3.05, 3.63) is 41.5 Å². The van der Waals surface area contributed by atoms with Crippen molar-refractivity contribution in [2.75, 3.05) is 13.2 Å². The lowest BCUT2D eigenvalue weighted by atomic mass is 10.2. The highest BCUT2D eigenvalue weighted by atomic mass is 16.5. The zero-order chi connectivity index (χ0) is 17.1. The zero-order valence-corrected chi connectivity index (χ0v) is 14.1. The summed E-state index contributed by atoms with van der Waals surface area (Å²) in [5.41, 5.74) is 0.575. The molecule has 1 aromatic heterocycles. The van der Waals surface area contributed by atoms with Crippen LogP contribution in [-0.2, 0) is 24.2 Å². The SMILES string of the molecule is O=C(NCc1nnc2n1CCC2)c1cccc(OC[C@H]2CCCO2)c1. The van der Waals surface area contributed by atoms with Crippen LogP contribution in [0.3, 0.4) is 0 Å². The van der Waals surface area contributed by atoms with Crippen LogP contribution in [-0.4, -0.2) is 40.0 Å². The van der Waals surface area contributed by atoms with E-state index in [1.165, 1.54) is 0 Å². The Morgan fingerprint density at radius 1 is 1.36 bits per heavy atom. The fourth-order valence-electron chi connectivity index (χ4n) is 3.29. The molecule has 7 nitrogen and oxygen atoms in total. The first kappa shape index (κ1) is 16.1. The maximum Gasteiger partial charge on any atom is 0.251 e. The predicted octanol–water partition coefficient (Wildman–Crippen LogP) is 1.71. The van der Waals surface area contributed by atoms with Crippen molar-refractivity contribution in [3.63, 3.8) is 0 Å². The molecule has 1 amide bonds. The minimum absolute atomic E-state index is 0.141. The van der Waals surface area contributed by atoms with Crippen LogP contribution in [0.5, 0.6) is 5.75 Å². The third-order valence-electron chi connectivity index (χ3n) is 4.65. The first-order valence-corrected chi connectivity index (χ1v) is 8.83. The third kappa shape index (κ3) is 3.66. The molecule has 25 heavy (non-hydrogen) atoms. The Bertz CT molecular complexity index is 753. The summed E-state index contributed by atoms with van der Waals surface area (Å²) < 4.78 is 13.4. The molecule has 132 valence electrons. The van der Waals surface area contributed by atoms with Crippen molar-refractivity contribution in [1.29, 1.82) is 0 Å². The lowest BCUT2D eigenvalue weighted by Crippen LogP contribution is -2.24. The quantitative estimate of drug-likeness (QED) is 0.865. The van der Waals surface area contributed by atoms with E-state index in [2.05, 4.69) is 20.1 Å². The van der Waals surface area contributed by atoms with E-state index in [9.17, 15) is 4.79 Å². The first-order chi connectivity index (χ1) is 12.3. The number of hydrogen-bond donors (Lipinski definition) is 1. The van der Waals surface area contributed by atoms with Crippen molar-refractivity contribution < 1.29 is 14.3 Å². The van der Waals surface area contributed by atoms with E-state index in [4.69, 9.17) is 9.47 Å². The number of carbonyl (C=O) groups excluding carboxylic acids is 1. The zero-order valence-electron chi connectivity index (χ0n) is 14.1. The van der Waals surface area contributed by atoms with Crippen molar-refractivity contribution in [2.45, 2.75) is 44.9 Å². The minimum Gasteiger partial charge on any atom is -0.491 e. The molecule has 0 saturated carbocycles. The number of aromatic nitrogens is 3. The van der Waals surface area contributed by atoms with Gasteiger partial charge in [-0.2, -0.15) is 0 Å². The molecule has 3 heterocycles. The molecule has 1 aromatic carbocycles. The van der Waals surface area contributed by atoms with E-state index in [0.29, 0.717) is 24.5 Å². The summed E-state index contributed by atoms with van der Waals surface area (Å²) >= 11 is 0. The maximum absolute atomic E-state index is 12.4. The van der Waals surface area contributed by atoms with Gasteiger partial charge in [0, 0.05) is 25.1 Å². The van der Waals surface area contributed by atoms with Gasteiger partial charge in [0.25, 0.3) is 5.91 Å². The number of hydrogen-bond acceptors (Lipinski definition) is 5. The molecule has 1 fully saturated rings.